The maximum absolute atomic E-state index is 12.2. The SMILES string of the molecule is CC1CCNCC1NC(=O)c1cccc(S(C)(=O)=O)c1.Cl. The Labute approximate surface area is 131 Å². The molecule has 0 aliphatic carbocycles. The Hall–Kier alpha value is -1.11. The summed E-state index contributed by atoms with van der Waals surface area (Å²) >= 11 is 0. The molecule has 2 rings (SSSR count). The first kappa shape index (κ1) is 17.9. The summed E-state index contributed by atoms with van der Waals surface area (Å²) < 4.78 is 23.0. The van der Waals surface area contributed by atoms with Gasteiger partial charge in [-0.25, -0.2) is 8.42 Å². The van der Waals surface area contributed by atoms with E-state index in [4.69, 9.17) is 0 Å². The minimum Gasteiger partial charge on any atom is -0.348 e. The van der Waals surface area contributed by atoms with Crippen LogP contribution >= 0.6 is 12.4 Å². The molecule has 7 heteroatoms. The van der Waals surface area contributed by atoms with Gasteiger partial charge in [0.2, 0.25) is 0 Å². The fourth-order valence-corrected chi connectivity index (χ4v) is 2.97. The third-order valence-corrected chi connectivity index (χ3v) is 4.78. The molecule has 2 unspecified atom stereocenters. The maximum atomic E-state index is 12.2. The molecule has 118 valence electrons. The minimum absolute atomic E-state index is 0. The van der Waals surface area contributed by atoms with E-state index in [0.717, 1.165) is 25.8 Å². The summed E-state index contributed by atoms with van der Waals surface area (Å²) in [5, 5.41) is 6.21. The third kappa shape index (κ3) is 4.69. The molecule has 1 saturated heterocycles. The van der Waals surface area contributed by atoms with Gasteiger partial charge in [-0.15, -0.1) is 12.4 Å². The van der Waals surface area contributed by atoms with Gasteiger partial charge < -0.3 is 10.6 Å². The van der Waals surface area contributed by atoms with E-state index in [2.05, 4.69) is 17.6 Å². The number of hydrogen-bond donors (Lipinski definition) is 2. The number of sulfone groups is 1. The van der Waals surface area contributed by atoms with Gasteiger partial charge in [-0.2, -0.15) is 0 Å². The van der Waals surface area contributed by atoms with Crippen LogP contribution in [0.5, 0.6) is 0 Å². The summed E-state index contributed by atoms with van der Waals surface area (Å²) in [7, 11) is -3.30. The molecular formula is C14H21ClN2O3S. The highest BCUT2D eigenvalue weighted by atomic mass is 35.5. The molecule has 0 saturated carbocycles. The molecule has 2 N–H and O–H groups in total. The minimum atomic E-state index is -3.30. The Morgan fingerprint density at radius 3 is 2.71 bits per heavy atom. The first-order chi connectivity index (χ1) is 9.38. The zero-order valence-electron chi connectivity index (χ0n) is 12.1. The number of hydrogen-bond acceptors (Lipinski definition) is 4. The van der Waals surface area contributed by atoms with E-state index in [-0.39, 0.29) is 29.3 Å². The van der Waals surface area contributed by atoms with Crippen LogP contribution in [0.4, 0.5) is 0 Å². The Morgan fingerprint density at radius 2 is 2.10 bits per heavy atom. The lowest BCUT2D eigenvalue weighted by Gasteiger charge is -2.30. The van der Waals surface area contributed by atoms with Gasteiger partial charge in [0.05, 0.1) is 4.90 Å². The summed E-state index contributed by atoms with van der Waals surface area (Å²) in [6.45, 7) is 3.83. The summed E-state index contributed by atoms with van der Waals surface area (Å²) in [6, 6.07) is 6.22. The van der Waals surface area contributed by atoms with Crippen molar-refractivity contribution in [3.63, 3.8) is 0 Å². The lowest BCUT2D eigenvalue weighted by atomic mass is 9.94. The molecule has 1 fully saturated rings. The van der Waals surface area contributed by atoms with Crippen LogP contribution in [0.25, 0.3) is 0 Å². The van der Waals surface area contributed by atoms with E-state index >= 15 is 0 Å². The molecule has 1 aromatic carbocycles. The quantitative estimate of drug-likeness (QED) is 0.873. The first-order valence-corrected chi connectivity index (χ1v) is 8.59. The highest BCUT2D eigenvalue weighted by Gasteiger charge is 2.23. The van der Waals surface area contributed by atoms with Gasteiger partial charge in [0.25, 0.3) is 5.91 Å². The van der Waals surface area contributed by atoms with Crippen LogP contribution < -0.4 is 10.6 Å². The van der Waals surface area contributed by atoms with E-state index in [0.29, 0.717) is 11.5 Å². The summed E-state index contributed by atoms with van der Waals surface area (Å²) in [5.41, 5.74) is 0.380. The Morgan fingerprint density at radius 1 is 1.38 bits per heavy atom. The van der Waals surface area contributed by atoms with Crippen LogP contribution in [0.2, 0.25) is 0 Å². The third-order valence-electron chi connectivity index (χ3n) is 3.67. The summed E-state index contributed by atoms with van der Waals surface area (Å²) in [6.07, 6.45) is 2.16. The predicted octanol–water partition coefficient (Wildman–Crippen LogP) is 1.24. The van der Waals surface area contributed by atoms with Crippen LogP contribution in [0.1, 0.15) is 23.7 Å². The largest absolute Gasteiger partial charge is 0.348 e. The molecule has 1 aromatic rings. The Bertz CT molecular complexity index is 604. The van der Waals surface area contributed by atoms with Gasteiger partial charge in [-0.3, -0.25) is 4.79 Å². The maximum Gasteiger partial charge on any atom is 0.251 e. The molecule has 1 aliphatic heterocycles. The Kier molecular flexibility index (Phi) is 6.19. The van der Waals surface area contributed by atoms with Crippen molar-refractivity contribution in [3.8, 4) is 0 Å². The molecule has 5 nitrogen and oxygen atoms in total. The van der Waals surface area contributed by atoms with Crippen molar-refractivity contribution < 1.29 is 13.2 Å². The Balaban J connectivity index is 0.00000220. The molecule has 1 aliphatic rings. The molecule has 0 bridgehead atoms. The number of halogens is 1. The van der Waals surface area contributed by atoms with E-state index in [1.54, 1.807) is 12.1 Å². The zero-order chi connectivity index (χ0) is 14.8. The fourth-order valence-electron chi connectivity index (χ4n) is 2.30. The topological polar surface area (TPSA) is 75.3 Å². The zero-order valence-corrected chi connectivity index (χ0v) is 13.8. The number of carbonyl (C=O) groups is 1. The number of nitrogens with one attached hydrogen (secondary N) is 2. The number of amides is 1. The van der Waals surface area contributed by atoms with Gasteiger partial charge in [0.15, 0.2) is 9.84 Å². The average Bonchev–Trinajstić information content (AvgIpc) is 2.40. The van der Waals surface area contributed by atoms with Crippen molar-refractivity contribution in [1.29, 1.82) is 0 Å². The number of carbonyl (C=O) groups excluding carboxylic acids is 1. The van der Waals surface area contributed by atoms with Crippen molar-refractivity contribution in [2.75, 3.05) is 19.3 Å². The lowest BCUT2D eigenvalue weighted by molar-refractivity contribution is 0.0915. The van der Waals surface area contributed by atoms with Gasteiger partial charge in [-0.1, -0.05) is 13.0 Å². The second kappa shape index (κ2) is 7.24. The fraction of sp³-hybridized carbons (Fsp3) is 0.500. The van der Waals surface area contributed by atoms with Crippen molar-refractivity contribution in [3.05, 3.63) is 29.8 Å². The molecular weight excluding hydrogens is 312 g/mol. The molecule has 21 heavy (non-hydrogen) atoms. The van der Waals surface area contributed by atoms with Crippen LogP contribution in [-0.4, -0.2) is 39.7 Å². The normalized spacial score (nSPS) is 22.2. The average molecular weight is 333 g/mol. The van der Waals surface area contributed by atoms with E-state index in [1.807, 2.05) is 0 Å². The van der Waals surface area contributed by atoms with Crippen LogP contribution in [-0.2, 0) is 9.84 Å². The molecule has 0 aromatic heterocycles. The van der Waals surface area contributed by atoms with E-state index < -0.39 is 9.84 Å². The lowest BCUT2D eigenvalue weighted by Crippen LogP contribution is -2.50. The molecule has 2 atom stereocenters. The van der Waals surface area contributed by atoms with Gasteiger partial charge >= 0.3 is 0 Å². The number of rotatable bonds is 3. The second-order valence-electron chi connectivity index (χ2n) is 5.35. The van der Waals surface area contributed by atoms with Crippen LogP contribution in [0.15, 0.2) is 29.2 Å². The van der Waals surface area contributed by atoms with Crippen LogP contribution in [0, 0.1) is 5.92 Å². The van der Waals surface area contributed by atoms with Gasteiger partial charge in [-0.05, 0) is 37.1 Å². The second-order valence-corrected chi connectivity index (χ2v) is 7.37. The van der Waals surface area contributed by atoms with Crippen molar-refractivity contribution in [1.82, 2.24) is 10.6 Å². The first-order valence-electron chi connectivity index (χ1n) is 6.69. The van der Waals surface area contributed by atoms with Crippen LogP contribution in [0.3, 0.4) is 0 Å². The summed E-state index contributed by atoms with van der Waals surface area (Å²) in [5.74, 6) is 0.189. The van der Waals surface area contributed by atoms with E-state index in [9.17, 15) is 13.2 Å². The molecule has 0 spiro atoms. The van der Waals surface area contributed by atoms with Crippen molar-refractivity contribution in [2.45, 2.75) is 24.3 Å². The van der Waals surface area contributed by atoms with Crippen molar-refractivity contribution in [2.24, 2.45) is 5.92 Å². The number of benzene rings is 1. The molecule has 1 heterocycles. The summed E-state index contributed by atoms with van der Waals surface area (Å²) in [4.78, 5) is 12.4. The van der Waals surface area contributed by atoms with Gasteiger partial charge in [0, 0.05) is 24.4 Å². The molecule has 0 radical (unpaired) electrons. The molecule has 1 amide bonds. The highest BCUT2D eigenvalue weighted by molar-refractivity contribution is 7.90. The smallest absolute Gasteiger partial charge is 0.251 e. The standard InChI is InChI=1S/C14H20N2O3S.ClH/c1-10-6-7-15-9-13(10)16-14(17)11-4-3-5-12(8-11)20(2,18)19;/h3-5,8,10,13,15H,6-7,9H2,1-2H3,(H,16,17);1H. The monoisotopic (exact) mass is 332 g/mol. The number of piperidine rings is 1. The van der Waals surface area contributed by atoms with Crippen molar-refractivity contribution >= 4 is 28.2 Å². The van der Waals surface area contributed by atoms with E-state index in [1.165, 1.54) is 12.1 Å². The predicted molar refractivity (Wildman–Crippen MR) is 84.7 cm³/mol. The highest BCUT2D eigenvalue weighted by Crippen LogP contribution is 2.14. The van der Waals surface area contributed by atoms with Gasteiger partial charge in [0.1, 0.15) is 0 Å².